The van der Waals surface area contributed by atoms with Crippen molar-refractivity contribution in [2.45, 2.75) is 57.8 Å². The van der Waals surface area contributed by atoms with Crippen molar-refractivity contribution in [2.24, 2.45) is 0 Å². The highest BCUT2D eigenvalue weighted by Crippen LogP contribution is 2.09. The molecule has 0 bridgehead atoms. The molecule has 116 valence electrons. The van der Waals surface area contributed by atoms with E-state index in [1.165, 1.54) is 25.7 Å². The second kappa shape index (κ2) is 12.1. The van der Waals surface area contributed by atoms with E-state index in [9.17, 15) is 9.59 Å². The molecule has 0 unspecified atom stereocenters. The van der Waals surface area contributed by atoms with Gasteiger partial charge < -0.3 is 9.53 Å². The second-order valence-corrected chi connectivity index (χ2v) is 5.29. The van der Waals surface area contributed by atoms with Gasteiger partial charge in [-0.05, 0) is 25.0 Å². The van der Waals surface area contributed by atoms with Crippen LogP contribution in [-0.4, -0.2) is 18.9 Å². The van der Waals surface area contributed by atoms with Gasteiger partial charge in [0.25, 0.3) is 0 Å². The highest BCUT2D eigenvalue weighted by molar-refractivity contribution is 5.89. The number of aldehydes is 1. The molecule has 3 heteroatoms. The number of unbranched alkanes of at least 4 members (excludes halogenated alkanes) is 8. The van der Waals surface area contributed by atoms with Gasteiger partial charge in [0, 0.05) is 6.42 Å². The Hall–Kier alpha value is -1.64. The molecule has 0 aromatic heterocycles. The van der Waals surface area contributed by atoms with E-state index in [0.29, 0.717) is 18.6 Å². The van der Waals surface area contributed by atoms with E-state index in [0.717, 1.165) is 32.0 Å². The van der Waals surface area contributed by atoms with Crippen molar-refractivity contribution in [3.63, 3.8) is 0 Å². The molecular weight excluding hydrogens is 264 g/mol. The average Bonchev–Trinajstić information content (AvgIpc) is 2.53. The third-order valence-electron chi connectivity index (χ3n) is 3.46. The fourth-order valence-electron chi connectivity index (χ4n) is 2.21. The van der Waals surface area contributed by atoms with Gasteiger partial charge in [0.1, 0.15) is 6.29 Å². The molecule has 3 nitrogen and oxygen atoms in total. The summed E-state index contributed by atoms with van der Waals surface area (Å²) in [7, 11) is 0. The quantitative estimate of drug-likeness (QED) is 0.322. The first-order valence-electron chi connectivity index (χ1n) is 8.00. The Kier molecular flexibility index (Phi) is 10.1. The number of carbonyl (C=O) groups is 2. The molecule has 0 aliphatic heterocycles. The highest BCUT2D eigenvalue weighted by atomic mass is 16.5. The van der Waals surface area contributed by atoms with Crippen LogP contribution < -0.4 is 0 Å². The van der Waals surface area contributed by atoms with Crippen LogP contribution in [0.15, 0.2) is 30.3 Å². The smallest absolute Gasteiger partial charge is 0.338 e. The molecule has 0 aliphatic rings. The summed E-state index contributed by atoms with van der Waals surface area (Å²) >= 11 is 0. The Morgan fingerprint density at radius 2 is 1.43 bits per heavy atom. The maximum atomic E-state index is 11.7. The first kappa shape index (κ1) is 17.4. The lowest BCUT2D eigenvalue weighted by atomic mass is 10.1. The third-order valence-corrected chi connectivity index (χ3v) is 3.46. The summed E-state index contributed by atoms with van der Waals surface area (Å²) in [6, 6.07) is 9.10. The van der Waals surface area contributed by atoms with Crippen molar-refractivity contribution in [1.82, 2.24) is 0 Å². The molecule has 0 heterocycles. The van der Waals surface area contributed by atoms with Crippen molar-refractivity contribution >= 4 is 12.3 Å². The highest BCUT2D eigenvalue weighted by Gasteiger charge is 2.04. The summed E-state index contributed by atoms with van der Waals surface area (Å²) in [6.45, 7) is 0.507. The van der Waals surface area contributed by atoms with Gasteiger partial charge in [-0.15, -0.1) is 0 Å². The molecule has 1 aromatic rings. The van der Waals surface area contributed by atoms with Crippen LogP contribution in [0.5, 0.6) is 0 Å². The van der Waals surface area contributed by atoms with E-state index >= 15 is 0 Å². The van der Waals surface area contributed by atoms with Crippen molar-refractivity contribution < 1.29 is 14.3 Å². The predicted octanol–water partition coefficient (Wildman–Crippen LogP) is 4.55. The Bertz CT molecular complexity index is 387. The average molecular weight is 290 g/mol. The number of rotatable bonds is 12. The predicted molar refractivity (Wildman–Crippen MR) is 84.3 cm³/mol. The Labute approximate surface area is 127 Å². The lowest BCUT2D eigenvalue weighted by Crippen LogP contribution is -2.06. The number of hydrogen-bond donors (Lipinski definition) is 0. The van der Waals surface area contributed by atoms with Crippen LogP contribution in [0.2, 0.25) is 0 Å². The summed E-state index contributed by atoms with van der Waals surface area (Å²) in [5.41, 5.74) is 0.618. The Morgan fingerprint density at radius 1 is 0.857 bits per heavy atom. The Balaban J connectivity index is 1.89. The standard InChI is InChI=1S/C18H26O3/c19-15-11-6-4-2-1-3-5-7-12-16-21-18(20)17-13-9-8-10-14-17/h8-10,13-15H,1-7,11-12,16H2. The summed E-state index contributed by atoms with van der Waals surface area (Å²) < 4.78 is 5.23. The zero-order chi connectivity index (χ0) is 15.2. The molecule has 1 aromatic carbocycles. The molecule has 0 saturated carbocycles. The lowest BCUT2D eigenvalue weighted by Gasteiger charge is -2.05. The summed E-state index contributed by atoms with van der Waals surface area (Å²) in [5, 5.41) is 0. The van der Waals surface area contributed by atoms with Gasteiger partial charge in [-0.3, -0.25) is 0 Å². The zero-order valence-electron chi connectivity index (χ0n) is 12.8. The number of carbonyl (C=O) groups excluding carboxylic acids is 2. The van der Waals surface area contributed by atoms with E-state index in [-0.39, 0.29) is 5.97 Å². The molecule has 0 aliphatic carbocycles. The number of benzene rings is 1. The van der Waals surface area contributed by atoms with Crippen LogP contribution in [-0.2, 0) is 9.53 Å². The molecule has 21 heavy (non-hydrogen) atoms. The maximum absolute atomic E-state index is 11.7. The second-order valence-electron chi connectivity index (χ2n) is 5.29. The fourth-order valence-corrected chi connectivity index (χ4v) is 2.21. The number of esters is 1. The minimum atomic E-state index is -0.231. The van der Waals surface area contributed by atoms with Gasteiger partial charge in [0.15, 0.2) is 0 Å². The molecule has 0 amide bonds. The van der Waals surface area contributed by atoms with Gasteiger partial charge in [-0.25, -0.2) is 4.79 Å². The van der Waals surface area contributed by atoms with Gasteiger partial charge >= 0.3 is 5.97 Å². The van der Waals surface area contributed by atoms with Crippen molar-refractivity contribution in [2.75, 3.05) is 6.61 Å². The van der Waals surface area contributed by atoms with Gasteiger partial charge in [0.05, 0.1) is 12.2 Å². The fraction of sp³-hybridized carbons (Fsp3) is 0.556. The first-order valence-corrected chi connectivity index (χ1v) is 8.00. The minimum Gasteiger partial charge on any atom is -0.462 e. The van der Waals surface area contributed by atoms with Gasteiger partial charge in [-0.2, -0.15) is 0 Å². The molecule has 0 atom stereocenters. The largest absolute Gasteiger partial charge is 0.462 e. The summed E-state index contributed by atoms with van der Waals surface area (Å²) in [6.07, 6.45) is 10.8. The SMILES string of the molecule is O=CCCCCCCCCCCOC(=O)c1ccccc1. The molecular formula is C18H26O3. The first-order chi connectivity index (χ1) is 10.3. The lowest BCUT2D eigenvalue weighted by molar-refractivity contribution is -0.107. The van der Waals surface area contributed by atoms with E-state index in [1.54, 1.807) is 12.1 Å². The van der Waals surface area contributed by atoms with Crippen LogP contribution in [0.25, 0.3) is 0 Å². The summed E-state index contributed by atoms with van der Waals surface area (Å²) in [5.74, 6) is -0.231. The van der Waals surface area contributed by atoms with Crippen LogP contribution in [0.1, 0.15) is 68.1 Å². The molecule has 0 saturated heterocycles. The van der Waals surface area contributed by atoms with Crippen LogP contribution in [0.3, 0.4) is 0 Å². The maximum Gasteiger partial charge on any atom is 0.338 e. The van der Waals surface area contributed by atoms with E-state index in [4.69, 9.17) is 4.74 Å². The number of hydrogen-bond acceptors (Lipinski definition) is 3. The molecule has 1 rings (SSSR count). The van der Waals surface area contributed by atoms with Gasteiger partial charge in [-0.1, -0.05) is 56.7 Å². The van der Waals surface area contributed by atoms with Crippen LogP contribution in [0.4, 0.5) is 0 Å². The minimum absolute atomic E-state index is 0.231. The van der Waals surface area contributed by atoms with Crippen LogP contribution >= 0.6 is 0 Å². The molecule has 0 spiro atoms. The van der Waals surface area contributed by atoms with Crippen molar-refractivity contribution in [1.29, 1.82) is 0 Å². The van der Waals surface area contributed by atoms with Crippen LogP contribution in [0, 0.1) is 0 Å². The normalized spacial score (nSPS) is 10.3. The van der Waals surface area contributed by atoms with E-state index in [1.807, 2.05) is 18.2 Å². The zero-order valence-corrected chi connectivity index (χ0v) is 12.8. The Morgan fingerprint density at radius 3 is 2.05 bits per heavy atom. The molecule has 0 N–H and O–H groups in total. The third kappa shape index (κ3) is 9.01. The number of ether oxygens (including phenoxy) is 1. The topological polar surface area (TPSA) is 43.4 Å². The van der Waals surface area contributed by atoms with Gasteiger partial charge in [0.2, 0.25) is 0 Å². The monoisotopic (exact) mass is 290 g/mol. The molecule has 0 radical (unpaired) electrons. The van der Waals surface area contributed by atoms with E-state index in [2.05, 4.69) is 0 Å². The summed E-state index contributed by atoms with van der Waals surface area (Å²) in [4.78, 5) is 21.8. The molecule has 0 fully saturated rings. The van der Waals surface area contributed by atoms with Crippen molar-refractivity contribution in [3.05, 3.63) is 35.9 Å². The van der Waals surface area contributed by atoms with E-state index < -0.39 is 0 Å². The van der Waals surface area contributed by atoms with Crippen molar-refractivity contribution in [3.8, 4) is 0 Å².